The Balaban J connectivity index is 1.62. The summed E-state index contributed by atoms with van der Waals surface area (Å²) in [6.07, 6.45) is 1.56. The van der Waals surface area contributed by atoms with Crippen LogP contribution in [0.2, 0.25) is 0 Å². The zero-order chi connectivity index (χ0) is 18.9. The van der Waals surface area contributed by atoms with E-state index in [1.54, 1.807) is 48.8 Å². The molecule has 1 N–H and O–H groups in total. The van der Waals surface area contributed by atoms with Crippen LogP contribution >= 0.6 is 22.7 Å². The molecule has 0 saturated heterocycles. The van der Waals surface area contributed by atoms with Gasteiger partial charge >= 0.3 is 0 Å². The molecule has 1 aromatic carbocycles. The summed E-state index contributed by atoms with van der Waals surface area (Å²) in [4.78, 5) is 5.42. The molecule has 27 heavy (non-hydrogen) atoms. The van der Waals surface area contributed by atoms with Gasteiger partial charge in [-0.1, -0.05) is 18.2 Å². The van der Waals surface area contributed by atoms with Crippen LogP contribution in [-0.4, -0.2) is 13.4 Å². The molecule has 0 aliphatic rings. The number of aromatic nitrogens is 1. The van der Waals surface area contributed by atoms with Gasteiger partial charge in [-0.05, 0) is 46.0 Å². The lowest BCUT2D eigenvalue weighted by molar-refractivity contribution is 0.521. The molecule has 0 radical (unpaired) electrons. The summed E-state index contributed by atoms with van der Waals surface area (Å²) in [5, 5.41) is 5.85. The van der Waals surface area contributed by atoms with Gasteiger partial charge in [0, 0.05) is 17.4 Å². The third-order valence-electron chi connectivity index (χ3n) is 4.06. The molecule has 0 spiro atoms. The highest BCUT2D eigenvalue weighted by molar-refractivity contribution is 7.89. The first kappa shape index (κ1) is 18.1. The molecule has 0 saturated carbocycles. The minimum Gasteiger partial charge on any atom is -0.449 e. The molecule has 0 aliphatic carbocycles. The second kappa shape index (κ2) is 7.40. The third kappa shape index (κ3) is 3.89. The van der Waals surface area contributed by atoms with E-state index in [1.807, 2.05) is 34.3 Å². The molecule has 138 valence electrons. The summed E-state index contributed by atoms with van der Waals surface area (Å²) in [7, 11) is -3.69. The Bertz CT molecular complexity index is 1080. The Kier molecular flexibility index (Phi) is 4.96. The molecule has 0 unspecified atom stereocenters. The quantitative estimate of drug-likeness (QED) is 0.488. The number of nitrogens with one attached hydrogen (secondary N) is 1. The number of benzene rings is 1. The van der Waals surface area contributed by atoms with Crippen LogP contribution in [0, 0.1) is 6.92 Å². The first-order chi connectivity index (χ1) is 13.0. The topological polar surface area (TPSA) is 72.2 Å². The summed E-state index contributed by atoms with van der Waals surface area (Å²) < 4.78 is 33.9. The lowest BCUT2D eigenvalue weighted by atomic mass is 10.1. The lowest BCUT2D eigenvalue weighted by Crippen LogP contribution is -2.28. The minimum absolute atomic E-state index is 0.211. The normalized spacial score (nSPS) is 12.9. The second-order valence-corrected chi connectivity index (χ2v) is 9.38. The number of oxazole rings is 1. The molecule has 3 heterocycles. The maximum Gasteiger partial charge on any atom is 0.241 e. The van der Waals surface area contributed by atoms with Crippen molar-refractivity contribution < 1.29 is 12.8 Å². The number of hydrogen-bond donors (Lipinski definition) is 1. The lowest BCUT2D eigenvalue weighted by Gasteiger charge is -2.17. The van der Waals surface area contributed by atoms with E-state index in [2.05, 4.69) is 9.71 Å². The monoisotopic (exact) mass is 416 g/mol. The molecule has 1 atom stereocenters. The predicted molar refractivity (Wildman–Crippen MR) is 107 cm³/mol. The van der Waals surface area contributed by atoms with E-state index in [1.165, 1.54) is 11.3 Å². The largest absolute Gasteiger partial charge is 0.449 e. The first-order valence-electron chi connectivity index (χ1n) is 8.13. The maximum atomic E-state index is 12.9. The van der Waals surface area contributed by atoms with Gasteiger partial charge in [-0.15, -0.1) is 11.3 Å². The molecule has 0 fully saturated rings. The smallest absolute Gasteiger partial charge is 0.241 e. The zero-order valence-corrected chi connectivity index (χ0v) is 16.8. The van der Waals surface area contributed by atoms with Gasteiger partial charge in [0.25, 0.3) is 0 Å². The van der Waals surface area contributed by atoms with Crippen LogP contribution in [0.5, 0.6) is 0 Å². The Labute approximate surface area is 165 Å². The number of sulfonamides is 1. The van der Waals surface area contributed by atoms with Crippen molar-refractivity contribution in [2.45, 2.75) is 17.9 Å². The predicted octanol–water partition coefficient (Wildman–Crippen LogP) is 4.84. The summed E-state index contributed by atoms with van der Waals surface area (Å²) in [6, 6.07) is 12.0. The average Bonchev–Trinajstić information content (AvgIpc) is 3.42. The molecule has 4 rings (SSSR count). The Morgan fingerprint density at radius 1 is 1.11 bits per heavy atom. The van der Waals surface area contributed by atoms with Gasteiger partial charge in [-0.3, -0.25) is 0 Å². The molecule has 0 aliphatic heterocycles. The van der Waals surface area contributed by atoms with Gasteiger partial charge in [-0.25, -0.2) is 13.4 Å². The van der Waals surface area contributed by atoms with Gasteiger partial charge in [-0.2, -0.15) is 16.1 Å². The number of hydrogen-bond acceptors (Lipinski definition) is 6. The van der Waals surface area contributed by atoms with E-state index in [-0.39, 0.29) is 4.90 Å². The Morgan fingerprint density at radius 3 is 2.52 bits per heavy atom. The van der Waals surface area contributed by atoms with Crippen LogP contribution in [-0.2, 0) is 10.0 Å². The fourth-order valence-corrected chi connectivity index (χ4v) is 5.48. The van der Waals surface area contributed by atoms with Crippen LogP contribution in [0.4, 0.5) is 0 Å². The van der Waals surface area contributed by atoms with Gasteiger partial charge in [0.2, 0.25) is 10.0 Å². The molecule has 4 aromatic rings. The van der Waals surface area contributed by atoms with Crippen molar-refractivity contribution in [2.24, 2.45) is 0 Å². The standard InChI is InChI=1S/C19H16N2O3S3/c1-13-20-17(11-24-13)14-4-6-16(7-5-14)27(22,23)21-19(15-8-10-25-12-15)18-3-2-9-26-18/h2-12,19,21H,1H3/t19-/m1/s1. The first-order valence-corrected chi connectivity index (χ1v) is 11.4. The summed E-state index contributed by atoms with van der Waals surface area (Å²) in [6.45, 7) is 1.77. The molecular formula is C19H16N2O3S3. The average molecular weight is 417 g/mol. The van der Waals surface area contributed by atoms with Crippen LogP contribution in [0.3, 0.4) is 0 Å². The summed E-state index contributed by atoms with van der Waals surface area (Å²) in [5.41, 5.74) is 2.42. The van der Waals surface area contributed by atoms with Crippen molar-refractivity contribution in [3.05, 3.63) is 81.2 Å². The zero-order valence-electron chi connectivity index (χ0n) is 14.3. The number of rotatable bonds is 6. The molecule has 3 aromatic heterocycles. The van der Waals surface area contributed by atoms with Crippen molar-refractivity contribution >= 4 is 32.7 Å². The molecule has 8 heteroatoms. The van der Waals surface area contributed by atoms with Crippen LogP contribution in [0.25, 0.3) is 11.3 Å². The second-order valence-electron chi connectivity index (χ2n) is 5.90. The van der Waals surface area contributed by atoms with Crippen molar-refractivity contribution in [3.8, 4) is 11.3 Å². The number of aryl methyl sites for hydroxylation is 1. The summed E-state index contributed by atoms with van der Waals surface area (Å²) in [5.74, 6) is 0.568. The van der Waals surface area contributed by atoms with Crippen LogP contribution in [0.1, 0.15) is 22.4 Å². The Hall–Kier alpha value is -2.26. The maximum absolute atomic E-state index is 12.9. The number of thiophene rings is 2. The van der Waals surface area contributed by atoms with Crippen molar-refractivity contribution in [3.63, 3.8) is 0 Å². The summed E-state index contributed by atoms with van der Waals surface area (Å²) >= 11 is 3.07. The van der Waals surface area contributed by atoms with Crippen LogP contribution in [0.15, 0.2) is 74.2 Å². The minimum atomic E-state index is -3.69. The fraction of sp³-hybridized carbons (Fsp3) is 0.105. The Morgan fingerprint density at radius 2 is 1.93 bits per heavy atom. The fourth-order valence-electron chi connectivity index (χ4n) is 2.71. The van der Waals surface area contributed by atoms with E-state index in [0.29, 0.717) is 11.6 Å². The highest BCUT2D eigenvalue weighted by atomic mass is 32.2. The third-order valence-corrected chi connectivity index (χ3v) is 7.13. The van der Waals surface area contributed by atoms with Gasteiger partial charge in [0.15, 0.2) is 5.89 Å². The van der Waals surface area contributed by atoms with E-state index < -0.39 is 16.1 Å². The van der Waals surface area contributed by atoms with E-state index >= 15 is 0 Å². The van der Waals surface area contributed by atoms with Crippen molar-refractivity contribution in [1.82, 2.24) is 9.71 Å². The SMILES string of the molecule is Cc1nc(-c2ccc(S(=O)(=O)N[C@H](c3ccsc3)c3cccs3)cc2)co1. The van der Waals surface area contributed by atoms with Gasteiger partial charge < -0.3 is 4.42 Å². The number of nitrogens with zero attached hydrogens (tertiary/aromatic N) is 1. The van der Waals surface area contributed by atoms with Crippen molar-refractivity contribution in [2.75, 3.05) is 0 Å². The van der Waals surface area contributed by atoms with Gasteiger partial charge in [0.05, 0.1) is 10.9 Å². The highest BCUT2D eigenvalue weighted by Crippen LogP contribution is 2.29. The van der Waals surface area contributed by atoms with Gasteiger partial charge in [0.1, 0.15) is 12.0 Å². The molecule has 5 nitrogen and oxygen atoms in total. The highest BCUT2D eigenvalue weighted by Gasteiger charge is 2.24. The molecular weight excluding hydrogens is 400 g/mol. The molecule has 0 bridgehead atoms. The van der Waals surface area contributed by atoms with E-state index in [4.69, 9.17) is 4.42 Å². The van der Waals surface area contributed by atoms with E-state index in [9.17, 15) is 8.42 Å². The molecule has 0 amide bonds. The van der Waals surface area contributed by atoms with Crippen molar-refractivity contribution in [1.29, 1.82) is 0 Å². The van der Waals surface area contributed by atoms with Crippen LogP contribution < -0.4 is 4.72 Å². The van der Waals surface area contributed by atoms with E-state index in [0.717, 1.165) is 16.0 Å².